The molecule has 8 heteroatoms. The molecule has 0 saturated heterocycles. The van der Waals surface area contributed by atoms with Gasteiger partial charge in [-0.1, -0.05) is 19.8 Å². The van der Waals surface area contributed by atoms with E-state index in [0.29, 0.717) is 17.4 Å². The molecule has 0 bridgehead atoms. The molecular formula is C24H27N3O5. The van der Waals surface area contributed by atoms with Gasteiger partial charge in [-0.15, -0.1) is 0 Å². The van der Waals surface area contributed by atoms with Crippen molar-refractivity contribution in [1.29, 1.82) is 0 Å². The Morgan fingerprint density at radius 1 is 1.25 bits per heavy atom. The van der Waals surface area contributed by atoms with E-state index in [1.54, 1.807) is 37.6 Å². The second kappa shape index (κ2) is 8.98. The average Bonchev–Trinajstić information content (AvgIpc) is 3.43. The number of carbonyl (C=O) groups excluding carboxylic acids is 1. The van der Waals surface area contributed by atoms with Crippen LogP contribution in [0.15, 0.2) is 47.6 Å². The summed E-state index contributed by atoms with van der Waals surface area (Å²) in [4.78, 5) is 22.8. The topological polar surface area (TPSA) is 103 Å². The van der Waals surface area contributed by atoms with E-state index >= 15 is 0 Å². The van der Waals surface area contributed by atoms with Crippen molar-refractivity contribution in [1.82, 2.24) is 5.43 Å². The molecule has 0 aliphatic heterocycles. The third kappa shape index (κ3) is 4.44. The van der Waals surface area contributed by atoms with Crippen LogP contribution < -0.4 is 14.9 Å². The van der Waals surface area contributed by atoms with E-state index in [4.69, 9.17) is 9.47 Å². The molecule has 0 radical (unpaired) electrons. The number of carbonyl (C=O) groups is 1. The molecule has 2 aromatic rings. The lowest BCUT2D eigenvalue weighted by Gasteiger charge is -2.15. The number of nitro groups is 1. The summed E-state index contributed by atoms with van der Waals surface area (Å²) in [6.07, 6.45) is 6.27. The predicted octanol–water partition coefficient (Wildman–Crippen LogP) is 4.46. The van der Waals surface area contributed by atoms with Crippen LogP contribution in [0, 0.1) is 27.4 Å². The molecule has 1 N–H and O–H groups in total. The van der Waals surface area contributed by atoms with Gasteiger partial charge in [-0.05, 0) is 65.6 Å². The van der Waals surface area contributed by atoms with Gasteiger partial charge in [-0.3, -0.25) is 14.9 Å². The molecule has 3 atom stereocenters. The van der Waals surface area contributed by atoms with Crippen LogP contribution in [0.3, 0.4) is 0 Å². The third-order valence-electron chi connectivity index (χ3n) is 6.73. The smallest absolute Gasteiger partial charge is 0.269 e. The minimum Gasteiger partial charge on any atom is -0.493 e. The first-order valence-electron chi connectivity index (χ1n) is 10.8. The quantitative estimate of drug-likeness (QED) is 0.373. The van der Waals surface area contributed by atoms with E-state index in [1.807, 2.05) is 6.07 Å². The second-order valence-corrected chi connectivity index (χ2v) is 8.69. The van der Waals surface area contributed by atoms with Gasteiger partial charge in [-0.2, -0.15) is 5.10 Å². The molecule has 2 saturated carbocycles. The zero-order valence-electron chi connectivity index (χ0n) is 18.2. The summed E-state index contributed by atoms with van der Waals surface area (Å²) in [6.45, 7) is 2.46. The molecular weight excluding hydrogens is 410 g/mol. The van der Waals surface area contributed by atoms with Crippen molar-refractivity contribution in [2.45, 2.75) is 39.2 Å². The van der Waals surface area contributed by atoms with Gasteiger partial charge in [0.1, 0.15) is 6.61 Å². The van der Waals surface area contributed by atoms with Crippen LogP contribution in [0.4, 0.5) is 5.69 Å². The zero-order chi connectivity index (χ0) is 22.7. The van der Waals surface area contributed by atoms with E-state index in [0.717, 1.165) is 24.0 Å². The molecule has 2 aliphatic rings. The van der Waals surface area contributed by atoms with Crippen molar-refractivity contribution in [2.24, 2.45) is 22.4 Å². The van der Waals surface area contributed by atoms with Crippen molar-refractivity contribution in [3.05, 3.63) is 63.7 Å². The largest absolute Gasteiger partial charge is 0.493 e. The highest BCUT2D eigenvalue weighted by Gasteiger charge is 2.64. The van der Waals surface area contributed by atoms with Gasteiger partial charge < -0.3 is 9.47 Å². The first-order valence-corrected chi connectivity index (χ1v) is 10.8. The van der Waals surface area contributed by atoms with Crippen molar-refractivity contribution >= 4 is 17.8 Å². The summed E-state index contributed by atoms with van der Waals surface area (Å²) in [5.74, 6) is 1.65. The number of rotatable bonds is 8. The normalized spacial score (nSPS) is 23.9. The molecule has 32 heavy (non-hydrogen) atoms. The second-order valence-electron chi connectivity index (χ2n) is 8.69. The molecule has 4 rings (SSSR count). The Hall–Kier alpha value is -3.42. The Labute approximate surface area is 186 Å². The molecule has 0 aromatic heterocycles. The van der Waals surface area contributed by atoms with E-state index in [2.05, 4.69) is 17.5 Å². The maximum Gasteiger partial charge on any atom is 0.269 e. The number of benzene rings is 2. The van der Waals surface area contributed by atoms with Gasteiger partial charge >= 0.3 is 0 Å². The van der Waals surface area contributed by atoms with Crippen molar-refractivity contribution in [2.75, 3.05) is 7.11 Å². The number of nitrogens with zero attached hydrogens (tertiary/aromatic N) is 2. The van der Waals surface area contributed by atoms with Gasteiger partial charge in [0.2, 0.25) is 5.91 Å². The molecule has 0 unspecified atom stereocenters. The van der Waals surface area contributed by atoms with Crippen LogP contribution in [0.25, 0.3) is 0 Å². The van der Waals surface area contributed by atoms with Crippen LogP contribution in [0.1, 0.15) is 43.7 Å². The summed E-state index contributed by atoms with van der Waals surface area (Å²) in [7, 11) is 1.55. The summed E-state index contributed by atoms with van der Waals surface area (Å²) >= 11 is 0. The van der Waals surface area contributed by atoms with Gasteiger partial charge in [0.05, 0.1) is 18.2 Å². The standard InChI is InChI=1S/C24H27N3O5/c1-24-12-4-3-5-19(24)22(24)23(28)26-25-14-17-8-11-20(21(13-17)31-2)32-15-16-6-9-18(10-7-16)27(29)30/h6-11,13-14,19,22H,3-5,12,15H2,1-2H3,(H,26,28)/b25-14-/t19-,22+,24-/m1/s1. The number of ether oxygens (including phenoxy) is 2. The van der Waals surface area contributed by atoms with E-state index in [-0.39, 0.29) is 29.5 Å². The molecule has 2 aromatic carbocycles. The predicted molar refractivity (Wildman–Crippen MR) is 120 cm³/mol. The Bertz CT molecular complexity index is 1040. The average molecular weight is 437 g/mol. The molecule has 2 fully saturated rings. The molecule has 1 amide bonds. The fourth-order valence-electron chi connectivity index (χ4n) is 4.85. The Kier molecular flexibility index (Phi) is 6.12. The van der Waals surface area contributed by atoms with Crippen LogP contribution >= 0.6 is 0 Å². The number of nitrogens with one attached hydrogen (secondary N) is 1. The minimum absolute atomic E-state index is 0.00525. The zero-order valence-corrected chi connectivity index (χ0v) is 18.2. The number of non-ortho nitro benzene ring substituents is 1. The van der Waals surface area contributed by atoms with Crippen molar-refractivity contribution in [3.63, 3.8) is 0 Å². The number of methoxy groups -OCH3 is 1. The molecule has 168 valence electrons. The van der Waals surface area contributed by atoms with Crippen LogP contribution in [-0.2, 0) is 11.4 Å². The van der Waals surface area contributed by atoms with Crippen molar-refractivity contribution in [3.8, 4) is 11.5 Å². The lowest BCUT2D eigenvalue weighted by Crippen LogP contribution is -2.22. The molecule has 2 aliphatic carbocycles. The number of hydrogen-bond acceptors (Lipinski definition) is 6. The minimum atomic E-state index is -0.436. The van der Waals surface area contributed by atoms with Gasteiger partial charge in [0.25, 0.3) is 5.69 Å². The number of nitro benzene ring substituents is 1. The van der Waals surface area contributed by atoms with E-state index in [1.165, 1.54) is 25.0 Å². The van der Waals surface area contributed by atoms with Gasteiger partial charge in [0, 0.05) is 18.1 Å². The first kappa shape index (κ1) is 21.8. The monoisotopic (exact) mass is 437 g/mol. The number of hydrazone groups is 1. The molecule has 0 heterocycles. The number of amides is 1. The summed E-state index contributed by atoms with van der Waals surface area (Å²) in [5.41, 5.74) is 4.47. The highest BCUT2D eigenvalue weighted by atomic mass is 16.6. The third-order valence-corrected chi connectivity index (χ3v) is 6.73. The molecule has 8 nitrogen and oxygen atoms in total. The van der Waals surface area contributed by atoms with Crippen LogP contribution in [-0.4, -0.2) is 24.2 Å². The van der Waals surface area contributed by atoms with Gasteiger partial charge in [-0.25, -0.2) is 5.43 Å². The Balaban J connectivity index is 1.33. The maximum atomic E-state index is 12.5. The highest BCUT2D eigenvalue weighted by Crippen LogP contribution is 2.66. The first-order chi connectivity index (χ1) is 15.4. The van der Waals surface area contributed by atoms with Gasteiger partial charge in [0.15, 0.2) is 11.5 Å². The Morgan fingerprint density at radius 2 is 2.03 bits per heavy atom. The summed E-state index contributed by atoms with van der Waals surface area (Å²) < 4.78 is 11.2. The number of fused-ring (bicyclic) bond motifs is 1. The Morgan fingerprint density at radius 3 is 2.69 bits per heavy atom. The van der Waals surface area contributed by atoms with Crippen molar-refractivity contribution < 1.29 is 19.2 Å². The summed E-state index contributed by atoms with van der Waals surface area (Å²) in [5, 5.41) is 14.9. The fourth-order valence-corrected chi connectivity index (χ4v) is 4.85. The highest BCUT2D eigenvalue weighted by molar-refractivity contribution is 5.86. The van der Waals surface area contributed by atoms with Crippen LogP contribution in [0.2, 0.25) is 0 Å². The van der Waals surface area contributed by atoms with E-state index < -0.39 is 4.92 Å². The number of hydrogen-bond donors (Lipinski definition) is 1. The maximum absolute atomic E-state index is 12.5. The van der Waals surface area contributed by atoms with Crippen LogP contribution in [0.5, 0.6) is 11.5 Å². The molecule has 0 spiro atoms. The van der Waals surface area contributed by atoms with E-state index in [9.17, 15) is 14.9 Å². The fraction of sp³-hybridized carbons (Fsp3) is 0.417. The SMILES string of the molecule is COc1cc(/C=N\NC(=O)[C@@H]2[C@H]3CCCC[C@]32C)ccc1OCc1ccc([N+](=O)[O-])cc1. The summed E-state index contributed by atoms with van der Waals surface area (Å²) in [6, 6.07) is 11.6. The lowest BCUT2D eigenvalue weighted by atomic mass is 9.90. The lowest BCUT2D eigenvalue weighted by molar-refractivity contribution is -0.384.